The molecule has 0 radical (unpaired) electrons. The molecule has 2 nitrogen and oxygen atoms in total. The minimum atomic E-state index is -1.11. The van der Waals surface area contributed by atoms with Crippen LogP contribution in [0.15, 0.2) is 36.4 Å². The van der Waals surface area contributed by atoms with E-state index in [1.807, 2.05) is 26.0 Å². The van der Waals surface area contributed by atoms with E-state index >= 15 is 0 Å². The molecule has 0 saturated carbocycles. The Morgan fingerprint density at radius 2 is 1.81 bits per heavy atom. The fourth-order valence-corrected chi connectivity index (χ4v) is 2.07. The molecule has 106 valence electrons. The summed E-state index contributed by atoms with van der Waals surface area (Å²) >= 11 is 0. The monoisotopic (exact) mass is 285 g/mol. The smallest absolute Gasteiger partial charge is 0.187 e. The predicted molar refractivity (Wildman–Crippen MR) is 75.0 cm³/mol. The lowest BCUT2D eigenvalue weighted by molar-refractivity contribution is 0.0975. The SMILES string of the molecule is Cc1ccc(C(C#N)C(=O)c2ccc(F)cc2F)cc1C. The Morgan fingerprint density at radius 3 is 2.38 bits per heavy atom. The van der Waals surface area contributed by atoms with Gasteiger partial charge in [-0.3, -0.25) is 4.79 Å². The van der Waals surface area contributed by atoms with Gasteiger partial charge in [0.05, 0.1) is 11.6 Å². The molecular formula is C17H13F2NO. The zero-order valence-corrected chi connectivity index (χ0v) is 11.7. The van der Waals surface area contributed by atoms with Crippen molar-refractivity contribution in [2.24, 2.45) is 0 Å². The Balaban J connectivity index is 2.43. The summed E-state index contributed by atoms with van der Waals surface area (Å²) in [4.78, 5) is 12.3. The van der Waals surface area contributed by atoms with Crippen molar-refractivity contribution in [2.45, 2.75) is 19.8 Å². The average molecular weight is 285 g/mol. The zero-order chi connectivity index (χ0) is 15.6. The largest absolute Gasteiger partial charge is 0.292 e. The molecule has 1 unspecified atom stereocenters. The van der Waals surface area contributed by atoms with Crippen molar-refractivity contribution in [2.75, 3.05) is 0 Å². The van der Waals surface area contributed by atoms with Gasteiger partial charge in [0.2, 0.25) is 0 Å². The fraction of sp³-hybridized carbons (Fsp3) is 0.176. The first-order valence-electron chi connectivity index (χ1n) is 6.40. The molecule has 2 aromatic rings. The van der Waals surface area contributed by atoms with E-state index in [0.29, 0.717) is 11.6 Å². The Hall–Kier alpha value is -2.54. The van der Waals surface area contributed by atoms with Crippen molar-refractivity contribution in [1.29, 1.82) is 5.26 Å². The molecule has 0 N–H and O–H groups in total. The second-order valence-corrected chi connectivity index (χ2v) is 4.89. The predicted octanol–water partition coefficient (Wildman–Crippen LogP) is 4.07. The molecule has 0 aromatic heterocycles. The van der Waals surface area contributed by atoms with Crippen molar-refractivity contribution in [3.8, 4) is 6.07 Å². The van der Waals surface area contributed by atoms with Gasteiger partial charge in [0, 0.05) is 6.07 Å². The van der Waals surface area contributed by atoms with Crippen molar-refractivity contribution < 1.29 is 13.6 Å². The molecule has 0 fully saturated rings. The number of ketones is 1. The Labute approximate surface area is 121 Å². The minimum absolute atomic E-state index is 0.277. The maximum atomic E-state index is 13.7. The molecule has 0 aliphatic rings. The van der Waals surface area contributed by atoms with E-state index < -0.39 is 23.3 Å². The number of nitriles is 1. The van der Waals surface area contributed by atoms with Gasteiger partial charge in [-0.05, 0) is 42.7 Å². The van der Waals surface area contributed by atoms with Crippen LogP contribution in [0.2, 0.25) is 0 Å². The zero-order valence-electron chi connectivity index (χ0n) is 11.7. The van der Waals surface area contributed by atoms with Gasteiger partial charge < -0.3 is 0 Å². The number of hydrogen-bond donors (Lipinski definition) is 0. The number of halogens is 2. The second-order valence-electron chi connectivity index (χ2n) is 4.89. The molecule has 0 aliphatic carbocycles. The second kappa shape index (κ2) is 5.84. The Kier molecular flexibility index (Phi) is 4.13. The summed E-state index contributed by atoms with van der Waals surface area (Å²) in [5.41, 5.74) is 2.21. The molecule has 4 heteroatoms. The molecule has 2 aromatic carbocycles. The number of nitrogens with zero attached hydrogens (tertiary/aromatic N) is 1. The van der Waals surface area contributed by atoms with Gasteiger partial charge in [-0.15, -0.1) is 0 Å². The first-order valence-corrected chi connectivity index (χ1v) is 6.40. The number of benzene rings is 2. The molecular weight excluding hydrogens is 272 g/mol. The average Bonchev–Trinajstić information content (AvgIpc) is 2.43. The van der Waals surface area contributed by atoms with E-state index in [-0.39, 0.29) is 5.56 Å². The number of rotatable bonds is 3. The Bertz CT molecular complexity index is 747. The van der Waals surface area contributed by atoms with Crippen LogP contribution in [-0.4, -0.2) is 5.78 Å². The highest BCUT2D eigenvalue weighted by Crippen LogP contribution is 2.24. The van der Waals surface area contributed by atoms with Crippen molar-refractivity contribution in [3.63, 3.8) is 0 Å². The fourth-order valence-electron chi connectivity index (χ4n) is 2.07. The minimum Gasteiger partial charge on any atom is -0.292 e. The van der Waals surface area contributed by atoms with Crippen LogP contribution in [0.4, 0.5) is 8.78 Å². The summed E-state index contributed by atoms with van der Waals surface area (Å²) < 4.78 is 26.6. The van der Waals surface area contributed by atoms with E-state index in [4.69, 9.17) is 0 Å². The van der Waals surface area contributed by atoms with E-state index in [1.165, 1.54) is 0 Å². The van der Waals surface area contributed by atoms with Crippen LogP contribution >= 0.6 is 0 Å². The lowest BCUT2D eigenvalue weighted by Crippen LogP contribution is -2.13. The number of aryl methyl sites for hydroxylation is 2. The van der Waals surface area contributed by atoms with Crippen LogP contribution in [0.5, 0.6) is 0 Å². The quantitative estimate of drug-likeness (QED) is 0.797. The summed E-state index contributed by atoms with van der Waals surface area (Å²) in [6, 6.07) is 9.83. The third kappa shape index (κ3) is 2.97. The third-order valence-electron chi connectivity index (χ3n) is 3.45. The van der Waals surface area contributed by atoms with Gasteiger partial charge in [-0.2, -0.15) is 5.26 Å². The van der Waals surface area contributed by atoms with E-state index in [0.717, 1.165) is 23.3 Å². The maximum absolute atomic E-state index is 13.7. The van der Waals surface area contributed by atoms with Gasteiger partial charge in [-0.25, -0.2) is 8.78 Å². The van der Waals surface area contributed by atoms with Gasteiger partial charge in [0.1, 0.15) is 17.6 Å². The molecule has 0 spiro atoms. The van der Waals surface area contributed by atoms with Gasteiger partial charge in [0.25, 0.3) is 0 Å². The number of Topliss-reactive ketones (excluding diaryl/α,β-unsaturated/α-hetero) is 1. The van der Waals surface area contributed by atoms with Crippen LogP contribution in [0, 0.1) is 36.8 Å². The summed E-state index contributed by atoms with van der Waals surface area (Å²) in [6.07, 6.45) is 0. The van der Waals surface area contributed by atoms with Gasteiger partial charge in [-0.1, -0.05) is 18.2 Å². The number of hydrogen-bond acceptors (Lipinski definition) is 2. The van der Waals surface area contributed by atoms with E-state index in [2.05, 4.69) is 0 Å². The highest BCUT2D eigenvalue weighted by molar-refractivity contribution is 6.03. The molecule has 1 atom stereocenters. The van der Waals surface area contributed by atoms with E-state index in [1.54, 1.807) is 12.1 Å². The van der Waals surface area contributed by atoms with Crippen LogP contribution in [0.3, 0.4) is 0 Å². The van der Waals surface area contributed by atoms with Crippen molar-refractivity contribution in [1.82, 2.24) is 0 Å². The summed E-state index contributed by atoms with van der Waals surface area (Å²) in [7, 11) is 0. The molecule has 0 aliphatic heterocycles. The lowest BCUT2D eigenvalue weighted by atomic mass is 9.90. The van der Waals surface area contributed by atoms with Crippen molar-refractivity contribution in [3.05, 3.63) is 70.3 Å². The standard InChI is InChI=1S/C17H13F2NO/c1-10-3-4-12(7-11(10)2)15(9-20)17(21)14-6-5-13(18)8-16(14)19/h3-8,15H,1-2H3. The molecule has 0 bridgehead atoms. The molecule has 0 heterocycles. The van der Waals surface area contributed by atoms with Crippen LogP contribution in [0.25, 0.3) is 0 Å². The Morgan fingerprint density at radius 1 is 1.10 bits per heavy atom. The van der Waals surface area contributed by atoms with Gasteiger partial charge >= 0.3 is 0 Å². The highest BCUT2D eigenvalue weighted by atomic mass is 19.1. The molecule has 0 amide bonds. The summed E-state index contributed by atoms with van der Waals surface area (Å²) in [5, 5.41) is 9.25. The van der Waals surface area contributed by atoms with Crippen molar-refractivity contribution >= 4 is 5.78 Å². The third-order valence-corrected chi connectivity index (χ3v) is 3.45. The summed E-state index contributed by atoms with van der Waals surface area (Å²) in [5.74, 6) is -3.49. The molecule has 2 rings (SSSR count). The van der Waals surface area contributed by atoms with E-state index in [9.17, 15) is 18.8 Å². The highest BCUT2D eigenvalue weighted by Gasteiger charge is 2.24. The maximum Gasteiger partial charge on any atom is 0.187 e. The topological polar surface area (TPSA) is 40.9 Å². The molecule has 0 saturated heterocycles. The lowest BCUT2D eigenvalue weighted by Gasteiger charge is -2.11. The van der Waals surface area contributed by atoms with Gasteiger partial charge in [0.15, 0.2) is 5.78 Å². The van der Waals surface area contributed by atoms with Crippen LogP contribution in [-0.2, 0) is 0 Å². The molecule has 21 heavy (non-hydrogen) atoms. The first kappa shape index (κ1) is 14.9. The van der Waals surface area contributed by atoms with Crippen LogP contribution < -0.4 is 0 Å². The normalized spacial score (nSPS) is 11.8. The first-order chi connectivity index (χ1) is 9.93. The summed E-state index contributed by atoms with van der Waals surface area (Å²) in [6.45, 7) is 3.79. The van der Waals surface area contributed by atoms with Crippen LogP contribution in [0.1, 0.15) is 33.0 Å². The number of carbonyl (C=O) groups excluding carboxylic acids is 1. The number of carbonyl (C=O) groups is 1.